The molecule has 0 aromatic rings. The molecule has 4 saturated carbocycles. The van der Waals surface area contributed by atoms with Crippen LogP contribution in [0.15, 0.2) is 35.5 Å². The molecule has 0 radical (unpaired) electrons. The van der Waals surface area contributed by atoms with Crippen molar-refractivity contribution >= 4 is 11.6 Å². The van der Waals surface area contributed by atoms with Crippen LogP contribution in [0.3, 0.4) is 0 Å². The number of rotatable bonds is 6. The summed E-state index contributed by atoms with van der Waals surface area (Å²) in [5.41, 5.74) is 3.20. The van der Waals surface area contributed by atoms with Gasteiger partial charge in [0.1, 0.15) is 11.6 Å². The van der Waals surface area contributed by atoms with Gasteiger partial charge in [-0.25, -0.2) is 0 Å². The predicted molar refractivity (Wildman–Crippen MR) is 121 cm³/mol. The molecule has 4 aliphatic carbocycles. The third-order valence-electron chi connectivity index (χ3n) is 8.79. The van der Waals surface area contributed by atoms with Crippen LogP contribution in [-0.2, 0) is 9.59 Å². The van der Waals surface area contributed by atoms with E-state index in [4.69, 9.17) is 0 Å². The van der Waals surface area contributed by atoms with Crippen molar-refractivity contribution in [3.63, 3.8) is 0 Å². The Morgan fingerprint density at radius 3 is 2.65 bits per heavy atom. The fraction of sp³-hybridized carbons (Fsp3) is 0.704. The third-order valence-corrected chi connectivity index (χ3v) is 8.79. The molecule has 0 amide bonds. The number of fused-ring (bicyclic) bond motifs is 1. The van der Waals surface area contributed by atoms with Gasteiger partial charge in [0.15, 0.2) is 0 Å². The lowest BCUT2D eigenvalue weighted by molar-refractivity contribution is -0.131. The number of carbonyl (C=O) groups is 2. The topological polar surface area (TPSA) is 74.6 Å². The van der Waals surface area contributed by atoms with Crippen LogP contribution in [0, 0.1) is 29.1 Å². The highest BCUT2D eigenvalue weighted by Crippen LogP contribution is 2.59. The predicted octanol–water partition coefficient (Wildman–Crippen LogP) is 4.70. The molecule has 1 unspecified atom stereocenters. The van der Waals surface area contributed by atoms with Crippen molar-refractivity contribution in [3.8, 4) is 0 Å². The second-order valence-corrected chi connectivity index (χ2v) is 10.8. The van der Waals surface area contributed by atoms with Crippen molar-refractivity contribution in [1.29, 1.82) is 0 Å². The number of hydrogen-bond acceptors (Lipinski definition) is 4. The lowest BCUT2D eigenvalue weighted by Gasteiger charge is -2.44. The van der Waals surface area contributed by atoms with Gasteiger partial charge in [-0.05, 0) is 79.8 Å². The van der Waals surface area contributed by atoms with E-state index in [-0.39, 0.29) is 35.2 Å². The highest BCUT2D eigenvalue weighted by Gasteiger charge is 2.52. The Labute approximate surface area is 186 Å². The maximum atomic E-state index is 12.9. The van der Waals surface area contributed by atoms with E-state index in [1.807, 2.05) is 0 Å². The van der Waals surface area contributed by atoms with Crippen molar-refractivity contribution in [2.24, 2.45) is 29.1 Å². The number of Topliss-reactive ketones (excluding diaryl/α,β-unsaturated/α-hetero) is 2. The molecule has 170 valence electrons. The summed E-state index contributed by atoms with van der Waals surface area (Å²) >= 11 is 0. The molecule has 4 rings (SSSR count). The van der Waals surface area contributed by atoms with Gasteiger partial charge in [0.2, 0.25) is 0 Å². The molecule has 31 heavy (non-hydrogen) atoms. The van der Waals surface area contributed by atoms with Gasteiger partial charge in [-0.3, -0.25) is 9.59 Å². The van der Waals surface area contributed by atoms with Crippen molar-refractivity contribution in [2.45, 2.75) is 90.3 Å². The maximum Gasteiger partial charge on any atom is 0.143 e. The summed E-state index contributed by atoms with van der Waals surface area (Å²) < 4.78 is 0. The smallest absolute Gasteiger partial charge is 0.143 e. The second-order valence-electron chi connectivity index (χ2n) is 10.8. The summed E-state index contributed by atoms with van der Waals surface area (Å²) in [6.07, 6.45) is 11.5. The molecule has 0 heterocycles. The summed E-state index contributed by atoms with van der Waals surface area (Å²) in [5.74, 6) is 1.20. The van der Waals surface area contributed by atoms with Crippen molar-refractivity contribution in [1.82, 2.24) is 0 Å². The Morgan fingerprint density at radius 1 is 1.19 bits per heavy atom. The molecule has 0 aromatic carbocycles. The molecule has 4 nitrogen and oxygen atoms in total. The largest absolute Gasteiger partial charge is 0.393 e. The maximum absolute atomic E-state index is 12.9. The summed E-state index contributed by atoms with van der Waals surface area (Å²) in [6.45, 7) is 8.43. The van der Waals surface area contributed by atoms with E-state index in [0.717, 1.165) is 56.1 Å². The monoisotopic (exact) mass is 426 g/mol. The highest BCUT2D eigenvalue weighted by molar-refractivity contribution is 6.01. The lowest BCUT2D eigenvalue weighted by Crippen LogP contribution is -2.38. The average Bonchev–Trinajstić information content (AvgIpc) is 3.51. The highest BCUT2D eigenvalue weighted by atomic mass is 16.3. The van der Waals surface area contributed by atoms with Crippen LogP contribution in [0.25, 0.3) is 0 Å². The number of carbonyl (C=O) groups excluding carboxylic acids is 2. The second kappa shape index (κ2) is 8.78. The lowest BCUT2D eigenvalue weighted by atomic mass is 9.60. The SMILES string of the molecule is C=C1C(=CC=C2CCC[C@@]3(C)C2CC[C@@H]3[C@H](C)C(=O)CC(=O)C2CC2)C[C@@H](O)C[C@@H]1O. The fourth-order valence-electron chi connectivity index (χ4n) is 6.67. The van der Waals surface area contributed by atoms with Gasteiger partial charge in [0.25, 0.3) is 0 Å². The van der Waals surface area contributed by atoms with Gasteiger partial charge in [-0.15, -0.1) is 0 Å². The molecule has 0 bridgehead atoms. The van der Waals surface area contributed by atoms with Gasteiger partial charge in [0.05, 0.1) is 18.6 Å². The zero-order valence-electron chi connectivity index (χ0n) is 19.1. The van der Waals surface area contributed by atoms with Crippen LogP contribution < -0.4 is 0 Å². The van der Waals surface area contributed by atoms with Gasteiger partial charge >= 0.3 is 0 Å². The minimum absolute atomic E-state index is 0.0566. The quantitative estimate of drug-likeness (QED) is 0.604. The molecular formula is C27H38O4. The standard InChI is InChI=1S/C27H38O4/c1-16-20(13-21(28)14-24(16)29)9-6-18-5-4-12-27(3)22(10-11-23(18)27)17(2)25(30)15-26(31)19-7-8-19/h6,9,17,19,21-24,28-29H,1,4-5,7-8,10-15H2,2-3H3/t17-,21+,22+,23?,24-,27+/m0/s1. The molecule has 0 saturated heterocycles. The molecule has 0 spiro atoms. The van der Waals surface area contributed by atoms with Crippen molar-refractivity contribution in [3.05, 3.63) is 35.5 Å². The van der Waals surface area contributed by atoms with Crippen LogP contribution in [0.2, 0.25) is 0 Å². The fourth-order valence-corrected chi connectivity index (χ4v) is 6.67. The van der Waals surface area contributed by atoms with Crippen LogP contribution in [0.5, 0.6) is 0 Å². The Bertz CT molecular complexity index is 817. The molecular weight excluding hydrogens is 388 g/mol. The first kappa shape index (κ1) is 22.7. The molecule has 0 aromatic heterocycles. The molecule has 6 atom stereocenters. The van der Waals surface area contributed by atoms with E-state index < -0.39 is 12.2 Å². The first-order chi connectivity index (χ1) is 14.7. The molecule has 2 N–H and O–H groups in total. The van der Waals surface area contributed by atoms with Crippen molar-refractivity contribution < 1.29 is 19.8 Å². The minimum Gasteiger partial charge on any atom is -0.393 e. The van der Waals surface area contributed by atoms with E-state index in [0.29, 0.717) is 24.7 Å². The molecule has 4 heteroatoms. The Balaban J connectivity index is 1.49. The van der Waals surface area contributed by atoms with Crippen LogP contribution in [0.4, 0.5) is 0 Å². The summed E-state index contributed by atoms with van der Waals surface area (Å²) in [5, 5.41) is 20.1. The number of aliphatic hydroxyl groups excluding tert-OH is 2. The average molecular weight is 427 g/mol. The molecule has 4 aliphatic rings. The third kappa shape index (κ3) is 4.52. The summed E-state index contributed by atoms with van der Waals surface area (Å²) in [4.78, 5) is 25.1. The normalized spacial score (nSPS) is 39.5. The minimum atomic E-state index is -0.661. The number of allylic oxidation sites excluding steroid dienone is 3. The van der Waals surface area contributed by atoms with Crippen LogP contribution in [-0.4, -0.2) is 34.0 Å². The zero-order valence-corrected chi connectivity index (χ0v) is 19.1. The van der Waals surface area contributed by atoms with Gasteiger partial charge in [0, 0.05) is 18.3 Å². The van der Waals surface area contributed by atoms with E-state index in [2.05, 4.69) is 32.6 Å². The number of aliphatic hydroxyl groups is 2. The Morgan fingerprint density at radius 2 is 1.94 bits per heavy atom. The van der Waals surface area contributed by atoms with Gasteiger partial charge in [-0.1, -0.05) is 38.2 Å². The number of hydrogen-bond donors (Lipinski definition) is 2. The van der Waals surface area contributed by atoms with E-state index in [1.54, 1.807) is 0 Å². The Kier molecular flexibility index (Phi) is 6.42. The summed E-state index contributed by atoms with van der Waals surface area (Å²) in [7, 11) is 0. The first-order valence-corrected chi connectivity index (χ1v) is 12.2. The van der Waals surface area contributed by atoms with Crippen LogP contribution in [0.1, 0.15) is 78.1 Å². The van der Waals surface area contributed by atoms with Crippen LogP contribution >= 0.6 is 0 Å². The van der Waals surface area contributed by atoms with Gasteiger partial charge < -0.3 is 10.2 Å². The van der Waals surface area contributed by atoms with Gasteiger partial charge in [-0.2, -0.15) is 0 Å². The van der Waals surface area contributed by atoms with Crippen molar-refractivity contribution in [2.75, 3.05) is 0 Å². The molecule has 4 fully saturated rings. The molecule has 0 aliphatic heterocycles. The number of ketones is 2. The zero-order chi connectivity index (χ0) is 22.3. The van der Waals surface area contributed by atoms with E-state index in [1.165, 1.54) is 5.57 Å². The van der Waals surface area contributed by atoms with E-state index in [9.17, 15) is 19.8 Å². The first-order valence-electron chi connectivity index (χ1n) is 12.2. The summed E-state index contributed by atoms with van der Waals surface area (Å²) in [6, 6.07) is 0. The van der Waals surface area contributed by atoms with E-state index >= 15 is 0 Å². The Hall–Kier alpha value is -1.52.